The van der Waals surface area contributed by atoms with E-state index < -0.39 is 11.7 Å². The van der Waals surface area contributed by atoms with Crippen LogP contribution in [0.25, 0.3) is 0 Å². The Bertz CT molecular complexity index is 1090. The van der Waals surface area contributed by atoms with E-state index in [1.807, 2.05) is 0 Å². The molecule has 0 bridgehead atoms. The van der Waals surface area contributed by atoms with Gasteiger partial charge in [0.15, 0.2) is 18.2 Å². The molecule has 0 saturated heterocycles. The molecule has 0 aliphatic heterocycles. The van der Waals surface area contributed by atoms with Gasteiger partial charge < -0.3 is 10.1 Å². The van der Waals surface area contributed by atoms with Crippen LogP contribution in [-0.2, 0) is 4.79 Å². The average molecular weight is 426 g/mol. The number of hydrogen-bond acceptors (Lipinski definition) is 4. The minimum atomic E-state index is -0.551. The molecule has 0 aromatic heterocycles. The number of nitrogens with one attached hydrogen (secondary N) is 2. The SMILES string of the molecule is O=C(COc1ccccc1F)N/N=C/c1cccc(NC(=O)c2ccccc2Cl)c1. The van der Waals surface area contributed by atoms with Crippen LogP contribution < -0.4 is 15.5 Å². The minimum absolute atomic E-state index is 0.0152. The van der Waals surface area contributed by atoms with Crippen molar-refractivity contribution in [3.63, 3.8) is 0 Å². The molecule has 0 fully saturated rings. The monoisotopic (exact) mass is 425 g/mol. The molecular weight excluding hydrogens is 409 g/mol. The van der Waals surface area contributed by atoms with Gasteiger partial charge in [-0.2, -0.15) is 5.10 Å². The smallest absolute Gasteiger partial charge is 0.277 e. The quantitative estimate of drug-likeness (QED) is 0.438. The second kappa shape index (κ2) is 10.2. The van der Waals surface area contributed by atoms with E-state index in [1.165, 1.54) is 24.4 Å². The maximum absolute atomic E-state index is 13.4. The Labute approximate surface area is 177 Å². The van der Waals surface area contributed by atoms with Crippen LogP contribution >= 0.6 is 11.6 Å². The molecular formula is C22H17ClFN3O3. The van der Waals surface area contributed by atoms with Gasteiger partial charge in [0.1, 0.15) is 0 Å². The summed E-state index contributed by atoms with van der Waals surface area (Å²) in [5, 5.41) is 6.95. The van der Waals surface area contributed by atoms with Gasteiger partial charge in [-0.05, 0) is 42.0 Å². The van der Waals surface area contributed by atoms with Gasteiger partial charge in [-0.15, -0.1) is 0 Å². The largest absolute Gasteiger partial charge is 0.481 e. The summed E-state index contributed by atoms with van der Waals surface area (Å²) in [5.74, 6) is -1.45. The molecule has 0 spiro atoms. The predicted molar refractivity (Wildman–Crippen MR) is 113 cm³/mol. The fourth-order valence-electron chi connectivity index (χ4n) is 2.46. The molecule has 2 amide bonds. The van der Waals surface area contributed by atoms with E-state index in [2.05, 4.69) is 15.8 Å². The Morgan fingerprint density at radius 3 is 2.60 bits per heavy atom. The highest BCUT2D eigenvalue weighted by molar-refractivity contribution is 6.34. The van der Waals surface area contributed by atoms with Gasteiger partial charge >= 0.3 is 0 Å². The van der Waals surface area contributed by atoms with Gasteiger partial charge in [0.2, 0.25) is 0 Å². The Hall–Kier alpha value is -3.71. The van der Waals surface area contributed by atoms with Crippen LogP contribution in [0.1, 0.15) is 15.9 Å². The molecule has 3 aromatic carbocycles. The van der Waals surface area contributed by atoms with E-state index in [4.69, 9.17) is 16.3 Å². The molecule has 0 heterocycles. The van der Waals surface area contributed by atoms with Crippen LogP contribution in [0.3, 0.4) is 0 Å². The first-order valence-electron chi connectivity index (χ1n) is 8.88. The van der Waals surface area contributed by atoms with E-state index in [0.29, 0.717) is 21.8 Å². The Morgan fingerprint density at radius 1 is 1.03 bits per heavy atom. The molecule has 0 saturated carbocycles. The lowest BCUT2D eigenvalue weighted by Crippen LogP contribution is -2.24. The van der Waals surface area contributed by atoms with Crippen LogP contribution in [0.5, 0.6) is 5.75 Å². The summed E-state index contributed by atoms with van der Waals surface area (Å²) in [5.41, 5.74) is 3.84. The van der Waals surface area contributed by atoms with Gasteiger partial charge in [0, 0.05) is 5.69 Å². The van der Waals surface area contributed by atoms with Crippen molar-refractivity contribution in [2.24, 2.45) is 5.10 Å². The van der Waals surface area contributed by atoms with Gasteiger partial charge in [0.05, 0.1) is 16.8 Å². The first-order chi connectivity index (χ1) is 14.5. The number of carbonyl (C=O) groups excluding carboxylic acids is 2. The van der Waals surface area contributed by atoms with E-state index in [0.717, 1.165) is 0 Å². The number of ether oxygens (including phenoxy) is 1. The number of hydrogen-bond donors (Lipinski definition) is 2. The lowest BCUT2D eigenvalue weighted by atomic mass is 10.2. The highest BCUT2D eigenvalue weighted by atomic mass is 35.5. The molecule has 0 aliphatic carbocycles. The van der Waals surface area contributed by atoms with Crippen molar-refractivity contribution in [3.05, 3.63) is 94.8 Å². The van der Waals surface area contributed by atoms with Gasteiger partial charge in [-0.1, -0.05) is 48.0 Å². The van der Waals surface area contributed by atoms with Crippen LogP contribution in [0.4, 0.5) is 10.1 Å². The van der Waals surface area contributed by atoms with Crippen LogP contribution in [0.2, 0.25) is 5.02 Å². The molecule has 152 valence electrons. The first-order valence-corrected chi connectivity index (χ1v) is 9.26. The fourth-order valence-corrected chi connectivity index (χ4v) is 2.68. The summed E-state index contributed by atoms with van der Waals surface area (Å²) in [4.78, 5) is 24.1. The third-order valence-corrected chi connectivity index (χ3v) is 4.19. The summed E-state index contributed by atoms with van der Waals surface area (Å²) >= 11 is 6.03. The Balaban J connectivity index is 1.54. The third-order valence-electron chi connectivity index (χ3n) is 3.86. The standard InChI is InChI=1S/C22H17ClFN3O3/c23-18-9-2-1-8-17(18)22(29)26-16-7-5-6-15(12-16)13-25-27-21(28)14-30-20-11-4-3-10-19(20)24/h1-13H,14H2,(H,26,29)(H,27,28)/b25-13+. The lowest BCUT2D eigenvalue weighted by Gasteiger charge is -2.07. The molecule has 0 radical (unpaired) electrons. The number of amides is 2. The van der Waals surface area contributed by atoms with Crippen molar-refractivity contribution < 1.29 is 18.7 Å². The van der Waals surface area contributed by atoms with Crippen LogP contribution in [0.15, 0.2) is 77.9 Å². The van der Waals surface area contributed by atoms with Crippen LogP contribution in [-0.4, -0.2) is 24.6 Å². The second-order valence-corrected chi connectivity index (χ2v) is 6.48. The molecule has 2 N–H and O–H groups in total. The summed E-state index contributed by atoms with van der Waals surface area (Å²) in [6.07, 6.45) is 1.41. The predicted octanol–water partition coefficient (Wildman–Crippen LogP) is 4.26. The molecule has 3 rings (SSSR count). The average Bonchev–Trinajstić information content (AvgIpc) is 2.74. The topological polar surface area (TPSA) is 79.8 Å². The van der Waals surface area contributed by atoms with Gasteiger partial charge in [-0.3, -0.25) is 9.59 Å². The summed E-state index contributed by atoms with van der Waals surface area (Å²) in [6, 6.07) is 19.4. The molecule has 3 aromatic rings. The van der Waals surface area contributed by atoms with E-state index >= 15 is 0 Å². The van der Waals surface area contributed by atoms with E-state index in [1.54, 1.807) is 54.6 Å². The molecule has 0 aliphatic rings. The van der Waals surface area contributed by atoms with Crippen molar-refractivity contribution in [1.29, 1.82) is 0 Å². The number of halogens is 2. The van der Waals surface area contributed by atoms with E-state index in [-0.39, 0.29) is 18.3 Å². The van der Waals surface area contributed by atoms with Crippen molar-refractivity contribution in [1.82, 2.24) is 5.43 Å². The number of anilines is 1. The zero-order valence-corrected chi connectivity index (χ0v) is 16.4. The summed E-state index contributed by atoms with van der Waals surface area (Å²) in [7, 11) is 0. The fraction of sp³-hybridized carbons (Fsp3) is 0.0455. The molecule has 30 heavy (non-hydrogen) atoms. The zero-order chi connectivity index (χ0) is 21.3. The number of rotatable bonds is 7. The highest BCUT2D eigenvalue weighted by Crippen LogP contribution is 2.18. The van der Waals surface area contributed by atoms with E-state index in [9.17, 15) is 14.0 Å². The Morgan fingerprint density at radius 2 is 1.80 bits per heavy atom. The van der Waals surface area contributed by atoms with Gasteiger partial charge in [0.25, 0.3) is 11.8 Å². The normalized spacial score (nSPS) is 10.6. The van der Waals surface area contributed by atoms with Crippen LogP contribution in [0, 0.1) is 5.82 Å². The van der Waals surface area contributed by atoms with Crippen molar-refractivity contribution >= 4 is 35.3 Å². The minimum Gasteiger partial charge on any atom is -0.481 e. The Kier molecular flexibility index (Phi) is 7.13. The van der Waals surface area contributed by atoms with Crippen molar-refractivity contribution in [3.8, 4) is 5.75 Å². The van der Waals surface area contributed by atoms with Crippen molar-refractivity contribution in [2.45, 2.75) is 0 Å². The van der Waals surface area contributed by atoms with Crippen molar-refractivity contribution in [2.75, 3.05) is 11.9 Å². The van der Waals surface area contributed by atoms with Gasteiger partial charge in [-0.25, -0.2) is 9.82 Å². The zero-order valence-electron chi connectivity index (χ0n) is 15.6. The second-order valence-electron chi connectivity index (χ2n) is 6.07. The number of benzene rings is 3. The number of para-hydroxylation sites is 1. The molecule has 6 nitrogen and oxygen atoms in total. The molecule has 8 heteroatoms. The number of nitrogens with zero attached hydrogens (tertiary/aromatic N) is 1. The first kappa shape index (κ1) is 21.0. The summed E-state index contributed by atoms with van der Waals surface area (Å²) in [6.45, 7) is -0.383. The molecule has 0 atom stereocenters. The molecule has 0 unspecified atom stereocenters. The third kappa shape index (κ3) is 5.89. The summed E-state index contributed by atoms with van der Waals surface area (Å²) < 4.78 is 18.5. The number of hydrazone groups is 1. The lowest BCUT2D eigenvalue weighted by molar-refractivity contribution is -0.123. The number of carbonyl (C=O) groups is 2. The maximum Gasteiger partial charge on any atom is 0.277 e. The highest BCUT2D eigenvalue weighted by Gasteiger charge is 2.10. The maximum atomic E-state index is 13.4.